The van der Waals surface area contributed by atoms with Crippen LogP contribution in [0.5, 0.6) is 0 Å². The zero-order valence-corrected chi connectivity index (χ0v) is 16.9. The molecule has 1 saturated heterocycles. The molecule has 0 aromatic rings. The predicted octanol–water partition coefficient (Wildman–Crippen LogP) is 1.09. The minimum atomic E-state index is -1.30. The van der Waals surface area contributed by atoms with Gasteiger partial charge in [0, 0.05) is 0 Å². The van der Waals surface area contributed by atoms with E-state index in [1.54, 1.807) is 13.8 Å². The van der Waals surface area contributed by atoms with Crippen LogP contribution in [0.15, 0.2) is 24.3 Å². The second kappa shape index (κ2) is 9.30. The van der Waals surface area contributed by atoms with Crippen LogP contribution >= 0.6 is 0 Å². The molecule has 0 spiro atoms. The van der Waals surface area contributed by atoms with Crippen LogP contribution < -0.4 is 0 Å². The van der Waals surface area contributed by atoms with E-state index in [0.29, 0.717) is 12.8 Å². The van der Waals surface area contributed by atoms with Crippen molar-refractivity contribution in [1.82, 2.24) is 0 Å². The fourth-order valence-corrected chi connectivity index (χ4v) is 2.97. The van der Waals surface area contributed by atoms with E-state index in [0.717, 1.165) is 0 Å². The van der Waals surface area contributed by atoms with Crippen LogP contribution in [0.25, 0.3) is 0 Å². The van der Waals surface area contributed by atoms with Gasteiger partial charge in [-0.15, -0.1) is 6.58 Å². The highest BCUT2D eigenvalue weighted by atomic mass is 16.6. The first-order valence-corrected chi connectivity index (χ1v) is 9.22. The number of carbonyl (C=O) groups excluding carboxylic acids is 1. The highest BCUT2D eigenvalue weighted by Gasteiger charge is 2.48. The van der Waals surface area contributed by atoms with Crippen molar-refractivity contribution in [2.45, 2.75) is 83.6 Å². The Balaban J connectivity index is 2.80. The molecule has 0 radical (unpaired) electrons. The molecule has 6 atom stereocenters. The topological polar surface area (TPSA) is 116 Å². The van der Waals surface area contributed by atoms with Crippen LogP contribution in [0.4, 0.5) is 0 Å². The van der Waals surface area contributed by atoms with E-state index in [1.165, 1.54) is 12.2 Å². The standard InChI is InChI=1S/C20H34O7/c1-7-20(6,25)10-8-9-13(11-21)18(24)27-16-12(2)26-17(19(3,4)5)15(23)14(16)22/h7,9,12,14-17,21-23,25H,1,8,10-11H2,2-6H3/b13-9+. The lowest BCUT2D eigenvalue weighted by atomic mass is 9.80. The second-order valence-electron chi connectivity index (χ2n) is 8.47. The first-order valence-electron chi connectivity index (χ1n) is 9.22. The van der Waals surface area contributed by atoms with E-state index in [4.69, 9.17) is 9.47 Å². The summed E-state index contributed by atoms with van der Waals surface area (Å²) in [5.74, 6) is -0.795. The van der Waals surface area contributed by atoms with Crippen LogP contribution in [-0.2, 0) is 14.3 Å². The third-order valence-electron chi connectivity index (χ3n) is 4.83. The average Bonchev–Trinajstić information content (AvgIpc) is 2.57. The Morgan fingerprint density at radius 1 is 1.22 bits per heavy atom. The van der Waals surface area contributed by atoms with Gasteiger partial charge in [-0.1, -0.05) is 32.9 Å². The molecule has 6 unspecified atom stereocenters. The van der Waals surface area contributed by atoms with Gasteiger partial charge in [-0.05, 0) is 32.1 Å². The number of carbonyl (C=O) groups is 1. The van der Waals surface area contributed by atoms with E-state index < -0.39 is 54.1 Å². The molecule has 1 fully saturated rings. The van der Waals surface area contributed by atoms with Gasteiger partial charge in [-0.2, -0.15) is 0 Å². The lowest BCUT2D eigenvalue weighted by Crippen LogP contribution is -2.61. The number of esters is 1. The lowest BCUT2D eigenvalue weighted by Gasteiger charge is -2.46. The van der Waals surface area contributed by atoms with Crippen molar-refractivity contribution in [3.05, 3.63) is 24.3 Å². The molecule has 0 aliphatic carbocycles. The molecule has 0 amide bonds. The molecule has 156 valence electrons. The van der Waals surface area contributed by atoms with Crippen LogP contribution in [0.2, 0.25) is 0 Å². The van der Waals surface area contributed by atoms with Gasteiger partial charge < -0.3 is 29.9 Å². The summed E-state index contributed by atoms with van der Waals surface area (Å²) in [5, 5.41) is 40.1. The summed E-state index contributed by atoms with van der Waals surface area (Å²) in [6, 6.07) is 0. The van der Waals surface area contributed by atoms with E-state index >= 15 is 0 Å². The van der Waals surface area contributed by atoms with Gasteiger partial charge >= 0.3 is 5.97 Å². The van der Waals surface area contributed by atoms with E-state index in [-0.39, 0.29) is 5.57 Å². The van der Waals surface area contributed by atoms with Crippen molar-refractivity contribution in [2.75, 3.05) is 6.61 Å². The molecule has 0 bridgehead atoms. The van der Waals surface area contributed by atoms with Crippen LogP contribution in [0.1, 0.15) is 47.5 Å². The van der Waals surface area contributed by atoms with E-state index in [9.17, 15) is 25.2 Å². The summed E-state index contributed by atoms with van der Waals surface area (Å²) >= 11 is 0. The lowest BCUT2D eigenvalue weighted by molar-refractivity contribution is -0.246. The Bertz CT molecular complexity index is 547. The summed E-state index contributed by atoms with van der Waals surface area (Å²) < 4.78 is 11.1. The van der Waals surface area contributed by atoms with E-state index in [2.05, 4.69) is 6.58 Å². The van der Waals surface area contributed by atoms with Crippen molar-refractivity contribution in [1.29, 1.82) is 0 Å². The smallest absolute Gasteiger partial charge is 0.336 e. The number of rotatable bonds is 7. The second-order valence-corrected chi connectivity index (χ2v) is 8.47. The van der Waals surface area contributed by atoms with Gasteiger partial charge in [-0.25, -0.2) is 4.79 Å². The zero-order chi connectivity index (χ0) is 21.0. The zero-order valence-electron chi connectivity index (χ0n) is 16.9. The summed E-state index contributed by atoms with van der Waals surface area (Å²) in [6.07, 6.45) is -1.26. The maximum absolute atomic E-state index is 12.4. The van der Waals surface area contributed by atoms with Gasteiger partial charge in [0.15, 0.2) is 6.10 Å². The molecule has 4 N–H and O–H groups in total. The molecule has 1 aliphatic heterocycles. The third kappa shape index (κ3) is 6.40. The van der Waals surface area contributed by atoms with Gasteiger partial charge in [-0.3, -0.25) is 0 Å². The number of hydrogen-bond acceptors (Lipinski definition) is 7. The highest BCUT2D eigenvalue weighted by Crippen LogP contribution is 2.34. The summed E-state index contributed by atoms with van der Waals surface area (Å²) in [4.78, 5) is 12.4. The number of hydrogen-bond donors (Lipinski definition) is 4. The molecule has 1 rings (SSSR count). The normalized spacial score (nSPS) is 31.9. The average molecular weight is 386 g/mol. The van der Waals surface area contributed by atoms with Crippen molar-refractivity contribution >= 4 is 5.97 Å². The highest BCUT2D eigenvalue weighted by molar-refractivity contribution is 5.88. The first kappa shape index (κ1) is 23.8. The van der Waals surface area contributed by atoms with Gasteiger partial charge in [0.1, 0.15) is 12.2 Å². The first-order chi connectivity index (χ1) is 12.3. The largest absolute Gasteiger partial charge is 0.453 e. The Morgan fingerprint density at radius 3 is 2.30 bits per heavy atom. The Kier molecular flexibility index (Phi) is 8.19. The molecule has 7 nitrogen and oxygen atoms in total. The molecule has 1 heterocycles. The Morgan fingerprint density at radius 2 is 1.81 bits per heavy atom. The van der Waals surface area contributed by atoms with Crippen molar-refractivity contribution < 1.29 is 34.7 Å². The predicted molar refractivity (Wildman–Crippen MR) is 101 cm³/mol. The minimum Gasteiger partial charge on any atom is -0.453 e. The Hall–Kier alpha value is -1.25. The fraction of sp³-hybridized carbons (Fsp3) is 0.750. The summed E-state index contributed by atoms with van der Waals surface area (Å²) in [5.41, 5.74) is -1.46. The molecular formula is C20H34O7. The summed E-state index contributed by atoms with van der Waals surface area (Å²) in [6.45, 7) is 11.9. The van der Waals surface area contributed by atoms with Gasteiger partial charge in [0.25, 0.3) is 0 Å². The number of aliphatic hydroxyl groups is 4. The maximum atomic E-state index is 12.4. The van der Waals surface area contributed by atoms with Crippen LogP contribution in [-0.4, -0.2) is 69.1 Å². The number of ether oxygens (including phenoxy) is 2. The van der Waals surface area contributed by atoms with E-state index in [1.807, 2.05) is 20.8 Å². The molecule has 7 heteroatoms. The molecule has 0 aromatic carbocycles. The fourth-order valence-electron chi connectivity index (χ4n) is 2.97. The van der Waals surface area contributed by atoms with Crippen LogP contribution in [0, 0.1) is 5.41 Å². The van der Waals surface area contributed by atoms with Gasteiger partial charge in [0.2, 0.25) is 0 Å². The number of aliphatic hydroxyl groups excluding tert-OH is 3. The molecule has 27 heavy (non-hydrogen) atoms. The summed E-state index contributed by atoms with van der Waals surface area (Å²) in [7, 11) is 0. The molecule has 0 aromatic heterocycles. The SMILES string of the molecule is C=CC(C)(O)CC/C=C(\CO)C(=O)OC1C(C)OC(C(C)(C)C)C(O)C1O. The number of allylic oxidation sites excluding steroid dienone is 1. The minimum absolute atomic E-state index is 0.0155. The molecular weight excluding hydrogens is 352 g/mol. The third-order valence-corrected chi connectivity index (χ3v) is 4.83. The molecule has 1 aliphatic rings. The quantitative estimate of drug-likeness (QED) is 0.294. The molecule has 0 saturated carbocycles. The van der Waals surface area contributed by atoms with Crippen molar-refractivity contribution in [3.63, 3.8) is 0 Å². The van der Waals surface area contributed by atoms with Crippen molar-refractivity contribution in [2.24, 2.45) is 5.41 Å². The monoisotopic (exact) mass is 386 g/mol. The Labute approximate surface area is 161 Å². The van der Waals surface area contributed by atoms with Crippen LogP contribution in [0.3, 0.4) is 0 Å². The van der Waals surface area contributed by atoms with Crippen molar-refractivity contribution in [3.8, 4) is 0 Å². The van der Waals surface area contributed by atoms with Gasteiger partial charge in [0.05, 0.1) is 30.0 Å². The maximum Gasteiger partial charge on any atom is 0.336 e.